The number of anilines is 1. The summed E-state index contributed by atoms with van der Waals surface area (Å²) in [7, 11) is -2.61. The number of benzene rings is 1. The largest absolute Gasteiger partial charge is 0.408 e. The average Bonchev–Trinajstić information content (AvgIpc) is 3.88. The van der Waals surface area contributed by atoms with Gasteiger partial charge in [-0.15, -0.1) is 0 Å². The van der Waals surface area contributed by atoms with Crippen LogP contribution in [0.3, 0.4) is 0 Å². The van der Waals surface area contributed by atoms with Crippen molar-refractivity contribution in [2.75, 3.05) is 31.7 Å². The molecule has 10 atom stereocenters. The highest BCUT2D eigenvalue weighted by molar-refractivity contribution is 8.07. The smallest absolute Gasteiger partial charge is 0.328 e. The topological polar surface area (TPSA) is 184 Å². The Bertz CT molecular complexity index is 2420. The van der Waals surface area contributed by atoms with E-state index in [1.807, 2.05) is 0 Å². The number of hydrogen-bond acceptors (Lipinski definition) is 15. The zero-order valence-electron chi connectivity index (χ0n) is 33.7. The third kappa shape index (κ3) is 10.5. The number of imidazole rings is 1. The van der Waals surface area contributed by atoms with Crippen molar-refractivity contribution in [1.29, 1.82) is 0 Å². The predicted octanol–water partition coefficient (Wildman–Crippen LogP) is 6.11. The van der Waals surface area contributed by atoms with Gasteiger partial charge in [-0.3, -0.25) is 23.4 Å². The van der Waals surface area contributed by atoms with Gasteiger partial charge in [0.05, 0.1) is 19.5 Å². The molecular weight excluding hydrogens is 888 g/mol. The number of nitrogens with zero attached hydrogens (tertiary/aromatic N) is 6. The normalized spacial score (nSPS) is 30.8. The molecule has 0 aliphatic carbocycles. The monoisotopic (exact) mass is 931 g/mol. The van der Waals surface area contributed by atoms with Crippen molar-refractivity contribution in [1.82, 2.24) is 24.5 Å². The van der Waals surface area contributed by atoms with Crippen LogP contribution in [-0.4, -0.2) is 113 Å². The number of amides is 1. The van der Waals surface area contributed by atoms with Crippen molar-refractivity contribution in [3.05, 3.63) is 90.1 Å². The fourth-order valence-corrected chi connectivity index (χ4v) is 11.2. The molecule has 3 aromatic heterocycles. The summed E-state index contributed by atoms with van der Waals surface area (Å²) in [6.45, 7) is 8.45. The molecule has 1 amide bonds. The summed E-state index contributed by atoms with van der Waals surface area (Å²) in [5.41, 5.74) is 1.27. The molecule has 324 valence electrons. The second-order valence-electron chi connectivity index (χ2n) is 15.7. The van der Waals surface area contributed by atoms with Crippen molar-refractivity contribution in [3.8, 4) is 11.8 Å². The van der Waals surface area contributed by atoms with Gasteiger partial charge >= 0.3 is 13.4 Å². The molecule has 2 N–H and O–H groups in total. The summed E-state index contributed by atoms with van der Waals surface area (Å²) in [6.07, 6.45) is -4.54. The van der Waals surface area contributed by atoms with Gasteiger partial charge in [0.2, 0.25) is 6.54 Å². The molecule has 23 heteroatoms. The number of nitrogens with one attached hydrogen (secondary N) is 1. The maximum atomic E-state index is 16.9. The summed E-state index contributed by atoms with van der Waals surface area (Å²) in [6, 6.07) is 12.0. The third-order valence-electron chi connectivity index (χ3n) is 10.5. The van der Waals surface area contributed by atoms with Gasteiger partial charge in [-0.2, -0.15) is 0 Å². The molecule has 3 fully saturated rings. The Labute approximate surface area is 363 Å². The van der Waals surface area contributed by atoms with E-state index in [2.05, 4.69) is 75.8 Å². The zero-order valence-corrected chi connectivity index (χ0v) is 38.1. The van der Waals surface area contributed by atoms with E-state index < -0.39 is 83.3 Å². The first kappa shape index (κ1) is 45.5. The number of hydrogen-bond donors (Lipinski definition) is 2. The van der Waals surface area contributed by atoms with Gasteiger partial charge in [0, 0.05) is 23.5 Å². The Hall–Kier alpha value is -3.47. The molecule has 0 radical (unpaired) electrons. The molecule has 17 nitrogen and oxygen atoms in total. The quantitative estimate of drug-likeness (QED) is 0.0678. The molecule has 0 saturated carbocycles. The molecule has 0 spiro atoms. The predicted molar refractivity (Wildman–Crippen MR) is 230 cm³/mol. The van der Waals surface area contributed by atoms with Crippen molar-refractivity contribution >= 4 is 68.3 Å². The Morgan fingerprint density at radius 3 is 2.57 bits per heavy atom. The number of rotatable bonds is 8. The van der Waals surface area contributed by atoms with E-state index in [0.717, 1.165) is 0 Å². The number of pyridine rings is 1. The highest BCUT2D eigenvalue weighted by Gasteiger charge is 2.55. The Balaban J connectivity index is 1.22. The van der Waals surface area contributed by atoms with E-state index in [1.165, 1.54) is 17.2 Å². The molecule has 3 saturated heterocycles. The lowest BCUT2D eigenvalue weighted by Gasteiger charge is -2.41. The van der Waals surface area contributed by atoms with Gasteiger partial charge in [0.15, 0.2) is 37.7 Å². The van der Waals surface area contributed by atoms with Crippen LogP contribution < -0.4 is 5.32 Å². The lowest BCUT2D eigenvalue weighted by Crippen LogP contribution is -2.50. The van der Waals surface area contributed by atoms with E-state index in [9.17, 15) is 9.69 Å². The van der Waals surface area contributed by atoms with Crippen LogP contribution in [-0.2, 0) is 60.1 Å². The molecule has 3 aliphatic heterocycles. The maximum absolute atomic E-state index is 16.9. The minimum Gasteiger partial charge on any atom is -0.408 e. The van der Waals surface area contributed by atoms with Gasteiger partial charge in [-0.05, 0) is 66.0 Å². The number of carbonyl (C=O) groups excluding carboxylic acids is 1. The molecule has 2 unspecified atom stereocenters. The molecule has 6 heterocycles. The maximum Gasteiger partial charge on any atom is 0.328 e. The fourth-order valence-electron chi connectivity index (χ4n) is 6.38. The van der Waals surface area contributed by atoms with Crippen LogP contribution in [0.4, 0.5) is 10.2 Å². The highest BCUT2D eigenvalue weighted by Crippen LogP contribution is 2.56. The molecule has 4 aromatic rings. The molecule has 61 heavy (non-hydrogen) atoms. The van der Waals surface area contributed by atoms with Crippen molar-refractivity contribution in [2.45, 2.75) is 87.9 Å². The van der Waals surface area contributed by atoms with Crippen LogP contribution in [0.5, 0.6) is 0 Å². The molecule has 7 rings (SSSR count). The number of carbonyl (C=O) groups is 1. The summed E-state index contributed by atoms with van der Waals surface area (Å²) in [5.74, 6) is 5.83. The lowest BCUT2D eigenvalue weighted by molar-refractivity contribution is -0.0472. The molecule has 1 aromatic carbocycles. The SMILES string of the molecule is [C-]#[N+]CCOP1(=S)OC[C@H]2O[C@@H](n3cnc4c(NC(=O)c5ccccc5)ncnc43)[C@H](F)[C@@H]2OP(O)(=S)OC[C@H]2O[C@@H](C#Cc3cccnc3)[C@H](O1)[C@@H]2O[Si](C)(C)C(C)(C)C. The van der Waals surface area contributed by atoms with Gasteiger partial charge in [0.1, 0.15) is 49.6 Å². The Morgan fingerprint density at radius 1 is 1.08 bits per heavy atom. The van der Waals surface area contributed by atoms with Crippen LogP contribution >= 0.6 is 13.4 Å². The van der Waals surface area contributed by atoms with Crippen molar-refractivity contribution < 1.29 is 50.6 Å². The zero-order chi connectivity index (χ0) is 43.6. The van der Waals surface area contributed by atoms with Gasteiger partial charge < -0.3 is 42.5 Å². The second-order valence-corrected chi connectivity index (χ2v) is 26.2. The number of halogens is 1. The number of fused-ring (bicyclic) bond motifs is 4. The van der Waals surface area contributed by atoms with Crippen LogP contribution in [0.15, 0.2) is 67.5 Å². The van der Waals surface area contributed by atoms with Crippen LogP contribution in [0.25, 0.3) is 16.0 Å². The van der Waals surface area contributed by atoms with Gasteiger partial charge in [-0.25, -0.2) is 25.9 Å². The number of alkyl halides is 1. The molecule has 3 aliphatic rings. The molecular formula is C38H44FN7O10P2S2Si. The van der Waals surface area contributed by atoms with E-state index >= 15 is 4.39 Å². The standard InChI is InChI=1S/C38H44FN7O10P2S2Si/c1-38(2,3)61(5,6)56-33-28-20-50-57(48,59)54-31-27(21-51-58(60,49-18-17-40-4)55-32(33)26(52-28)15-14-24-11-10-16-41-19-24)53-37(29(31)39)46-23-44-30-34(42-22-43-35(30)46)45-36(47)25-12-8-7-9-13-25/h7-13,16,19,22-23,26-29,31-33,37H,17-18,20-21H2,1-3,5-6H3,(H,48,59)(H,42,43,45,47)/t26-,27+,28+,29+,31+,32-,33+,37+,57?,58?/m0/s1. The minimum atomic E-state index is -4.27. The van der Waals surface area contributed by atoms with Gasteiger partial charge in [0.25, 0.3) is 5.91 Å². The summed E-state index contributed by atoms with van der Waals surface area (Å²) >= 11 is 11.5. The fraction of sp³-hybridized carbons (Fsp3) is 0.474. The summed E-state index contributed by atoms with van der Waals surface area (Å²) < 4.78 is 68.7. The number of aromatic nitrogens is 5. The van der Waals surface area contributed by atoms with Crippen LogP contribution in [0.2, 0.25) is 18.1 Å². The van der Waals surface area contributed by atoms with Crippen LogP contribution in [0.1, 0.15) is 42.9 Å². The van der Waals surface area contributed by atoms with Crippen molar-refractivity contribution in [2.24, 2.45) is 0 Å². The van der Waals surface area contributed by atoms with E-state index in [1.54, 1.807) is 54.9 Å². The first-order valence-corrected chi connectivity index (χ1v) is 27.2. The van der Waals surface area contributed by atoms with E-state index in [4.69, 9.17) is 66.7 Å². The second kappa shape index (κ2) is 18.7. The average molecular weight is 932 g/mol. The van der Waals surface area contributed by atoms with E-state index in [0.29, 0.717) is 11.1 Å². The van der Waals surface area contributed by atoms with Gasteiger partial charge in [-0.1, -0.05) is 50.8 Å². The highest BCUT2D eigenvalue weighted by atomic mass is 32.5. The molecule has 2 bridgehead atoms. The number of ether oxygens (including phenoxy) is 2. The van der Waals surface area contributed by atoms with Crippen LogP contribution in [0, 0.1) is 18.4 Å². The Kier molecular flexibility index (Phi) is 14.0. The van der Waals surface area contributed by atoms with Crippen molar-refractivity contribution in [3.63, 3.8) is 0 Å². The first-order valence-electron chi connectivity index (χ1n) is 19.1. The Morgan fingerprint density at radius 2 is 1.85 bits per heavy atom. The first-order chi connectivity index (χ1) is 29.0. The summed E-state index contributed by atoms with van der Waals surface area (Å²) in [5, 5.41) is 2.45. The lowest BCUT2D eigenvalue weighted by atomic mass is 10.1. The minimum absolute atomic E-state index is 0.0615. The third-order valence-corrected chi connectivity index (χ3v) is 18.9. The summed E-state index contributed by atoms with van der Waals surface area (Å²) in [4.78, 5) is 44.9. The van der Waals surface area contributed by atoms with E-state index in [-0.39, 0.29) is 41.8 Å².